The molecule has 1 heterocycles. The van der Waals surface area contributed by atoms with Crippen LogP contribution in [0.25, 0.3) is 5.69 Å². The number of H-pyrrole nitrogens is 1. The van der Waals surface area contributed by atoms with Crippen LogP contribution in [-0.4, -0.2) is 14.8 Å². The average molecular weight is 295 g/mol. The summed E-state index contributed by atoms with van der Waals surface area (Å²) in [7, 11) is 0. The molecule has 3 nitrogen and oxygen atoms in total. The fourth-order valence-electron chi connectivity index (χ4n) is 2.36. The lowest BCUT2D eigenvalue weighted by Crippen LogP contribution is -2.03. The summed E-state index contributed by atoms with van der Waals surface area (Å²) >= 11 is 5.39. The van der Waals surface area contributed by atoms with Gasteiger partial charge in [0.05, 0.1) is 0 Å². The molecule has 0 radical (unpaired) electrons. The number of rotatable bonds is 3. The van der Waals surface area contributed by atoms with Gasteiger partial charge in [0.15, 0.2) is 4.77 Å². The lowest BCUT2D eigenvalue weighted by Gasteiger charge is -2.09. The van der Waals surface area contributed by atoms with E-state index >= 15 is 0 Å². The van der Waals surface area contributed by atoms with Crippen molar-refractivity contribution >= 4 is 12.2 Å². The van der Waals surface area contributed by atoms with Crippen LogP contribution in [0.4, 0.5) is 0 Å². The predicted molar refractivity (Wildman–Crippen MR) is 87.5 cm³/mol. The average Bonchev–Trinajstić information content (AvgIpc) is 2.84. The molecule has 0 unspecified atom stereocenters. The van der Waals surface area contributed by atoms with Gasteiger partial charge in [0.1, 0.15) is 5.82 Å². The van der Waals surface area contributed by atoms with Crippen molar-refractivity contribution in [2.75, 3.05) is 0 Å². The van der Waals surface area contributed by atoms with E-state index in [0.29, 0.717) is 4.77 Å². The second kappa shape index (κ2) is 5.66. The standard InChI is InChI=1S/C17H17N3S/c1-12-8-9-15(10-13(12)2)20-16(18-19-17(20)21)11-14-6-4-3-5-7-14/h3-10H,11H2,1-2H3,(H,19,21). The molecule has 0 amide bonds. The topological polar surface area (TPSA) is 33.6 Å². The SMILES string of the molecule is Cc1ccc(-n2c(Cc3ccccc3)n[nH]c2=S)cc1C. The maximum atomic E-state index is 5.39. The van der Waals surface area contributed by atoms with Crippen LogP contribution in [0.3, 0.4) is 0 Å². The summed E-state index contributed by atoms with van der Waals surface area (Å²) in [5, 5.41) is 7.29. The Morgan fingerprint density at radius 2 is 1.81 bits per heavy atom. The van der Waals surface area contributed by atoms with Crippen molar-refractivity contribution < 1.29 is 0 Å². The molecule has 0 spiro atoms. The highest BCUT2D eigenvalue weighted by atomic mass is 32.1. The van der Waals surface area contributed by atoms with E-state index in [4.69, 9.17) is 12.2 Å². The van der Waals surface area contributed by atoms with E-state index in [1.54, 1.807) is 0 Å². The van der Waals surface area contributed by atoms with Gasteiger partial charge >= 0.3 is 0 Å². The molecule has 0 fully saturated rings. The van der Waals surface area contributed by atoms with E-state index in [-0.39, 0.29) is 0 Å². The normalized spacial score (nSPS) is 10.8. The van der Waals surface area contributed by atoms with Gasteiger partial charge < -0.3 is 0 Å². The summed E-state index contributed by atoms with van der Waals surface area (Å²) in [6.45, 7) is 4.22. The van der Waals surface area contributed by atoms with Crippen molar-refractivity contribution in [2.24, 2.45) is 0 Å². The molecule has 1 aromatic heterocycles. The first-order valence-electron chi connectivity index (χ1n) is 6.93. The first-order valence-corrected chi connectivity index (χ1v) is 7.34. The van der Waals surface area contributed by atoms with E-state index in [9.17, 15) is 0 Å². The van der Waals surface area contributed by atoms with Crippen LogP contribution in [0.5, 0.6) is 0 Å². The van der Waals surface area contributed by atoms with E-state index in [1.165, 1.54) is 16.7 Å². The molecule has 0 aliphatic rings. The molecule has 1 N–H and O–H groups in total. The molecule has 0 aliphatic heterocycles. The van der Waals surface area contributed by atoms with Crippen LogP contribution in [0, 0.1) is 18.6 Å². The number of aromatic nitrogens is 3. The predicted octanol–water partition coefficient (Wildman–Crippen LogP) is 4.14. The van der Waals surface area contributed by atoms with E-state index < -0.39 is 0 Å². The van der Waals surface area contributed by atoms with Gasteiger partial charge in [0.2, 0.25) is 0 Å². The van der Waals surface area contributed by atoms with Gasteiger partial charge in [-0.1, -0.05) is 36.4 Å². The molecule has 2 aromatic carbocycles. The van der Waals surface area contributed by atoms with Crippen molar-refractivity contribution in [3.8, 4) is 5.69 Å². The minimum Gasteiger partial charge on any atom is -0.272 e. The van der Waals surface area contributed by atoms with Crippen molar-refractivity contribution in [2.45, 2.75) is 20.3 Å². The Bertz CT molecular complexity index is 816. The lowest BCUT2D eigenvalue weighted by atomic mass is 10.1. The van der Waals surface area contributed by atoms with Gasteiger partial charge in [0.25, 0.3) is 0 Å². The fourth-order valence-corrected chi connectivity index (χ4v) is 2.61. The van der Waals surface area contributed by atoms with Gasteiger partial charge in [-0.25, -0.2) is 0 Å². The summed E-state index contributed by atoms with van der Waals surface area (Å²) in [6.07, 6.45) is 0.751. The highest BCUT2D eigenvalue weighted by Crippen LogP contribution is 2.17. The van der Waals surface area contributed by atoms with Gasteiger partial charge in [0, 0.05) is 12.1 Å². The van der Waals surface area contributed by atoms with Gasteiger partial charge in [-0.15, -0.1) is 0 Å². The van der Waals surface area contributed by atoms with Crippen LogP contribution in [-0.2, 0) is 6.42 Å². The monoisotopic (exact) mass is 295 g/mol. The third-order valence-electron chi connectivity index (χ3n) is 3.70. The Labute approximate surface area is 129 Å². The Morgan fingerprint density at radius 1 is 1.05 bits per heavy atom. The van der Waals surface area contributed by atoms with Crippen molar-refractivity contribution in [3.63, 3.8) is 0 Å². The zero-order chi connectivity index (χ0) is 14.8. The summed E-state index contributed by atoms with van der Waals surface area (Å²) in [6, 6.07) is 16.6. The van der Waals surface area contributed by atoms with Gasteiger partial charge in [-0.2, -0.15) is 5.10 Å². The first kappa shape index (κ1) is 13.8. The van der Waals surface area contributed by atoms with Crippen LogP contribution in [0.2, 0.25) is 0 Å². The zero-order valence-electron chi connectivity index (χ0n) is 12.1. The zero-order valence-corrected chi connectivity index (χ0v) is 12.9. The van der Waals surface area contributed by atoms with E-state index in [1.807, 2.05) is 22.8 Å². The fraction of sp³-hybridized carbons (Fsp3) is 0.176. The molecule has 0 atom stereocenters. The number of benzene rings is 2. The molecule has 4 heteroatoms. The molecular weight excluding hydrogens is 278 g/mol. The summed E-state index contributed by atoms with van der Waals surface area (Å²) in [5.74, 6) is 0.925. The van der Waals surface area contributed by atoms with Crippen LogP contribution in [0.15, 0.2) is 48.5 Å². The molecule has 3 aromatic rings. The molecule has 0 saturated carbocycles. The van der Waals surface area contributed by atoms with Crippen molar-refractivity contribution in [3.05, 3.63) is 75.8 Å². The third kappa shape index (κ3) is 2.81. The smallest absolute Gasteiger partial charge is 0.199 e. The van der Waals surface area contributed by atoms with Crippen LogP contribution in [0.1, 0.15) is 22.5 Å². The van der Waals surface area contributed by atoms with E-state index in [0.717, 1.165) is 17.9 Å². The molecule has 0 aliphatic carbocycles. The number of hydrogen-bond donors (Lipinski definition) is 1. The number of aromatic amines is 1. The van der Waals surface area contributed by atoms with Crippen molar-refractivity contribution in [1.82, 2.24) is 14.8 Å². The van der Waals surface area contributed by atoms with Crippen LogP contribution >= 0.6 is 12.2 Å². The molecular formula is C17H17N3S. The molecule has 0 bridgehead atoms. The van der Waals surface area contributed by atoms with Gasteiger partial charge in [-0.05, 0) is 54.9 Å². The number of hydrogen-bond acceptors (Lipinski definition) is 2. The minimum absolute atomic E-state index is 0.629. The van der Waals surface area contributed by atoms with Crippen molar-refractivity contribution in [1.29, 1.82) is 0 Å². The van der Waals surface area contributed by atoms with Crippen LogP contribution < -0.4 is 0 Å². The molecule has 0 saturated heterocycles. The number of aryl methyl sites for hydroxylation is 2. The minimum atomic E-state index is 0.629. The Morgan fingerprint density at radius 3 is 2.52 bits per heavy atom. The first-order chi connectivity index (χ1) is 10.1. The highest BCUT2D eigenvalue weighted by Gasteiger charge is 2.09. The number of nitrogens with one attached hydrogen (secondary N) is 1. The second-order valence-electron chi connectivity index (χ2n) is 5.21. The molecule has 3 rings (SSSR count). The Kier molecular flexibility index (Phi) is 3.71. The quantitative estimate of drug-likeness (QED) is 0.737. The Balaban J connectivity index is 2.05. The highest BCUT2D eigenvalue weighted by molar-refractivity contribution is 7.71. The summed E-state index contributed by atoms with van der Waals surface area (Å²) in [4.78, 5) is 0. The van der Waals surface area contributed by atoms with E-state index in [2.05, 4.69) is 54.4 Å². The lowest BCUT2D eigenvalue weighted by molar-refractivity contribution is 0.900. The Hall–Kier alpha value is -2.20. The maximum Gasteiger partial charge on any atom is 0.199 e. The molecule has 21 heavy (non-hydrogen) atoms. The summed E-state index contributed by atoms with van der Waals surface area (Å²) < 4.78 is 2.64. The summed E-state index contributed by atoms with van der Waals surface area (Å²) in [5.41, 5.74) is 4.80. The molecule has 106 valence electrons. The largest absolute Gasteiger partial charge is 0.272 e. The second-order valence-corrected chi connectivity index (χ2v) is 5.60. The maximum absolute atomic E-state index is 5.39. The van der Waals surface area contributed by atoms with Gasteiger partial charge in [-0.3, -0.25) is 9.67 Å². The third-order valence-corrected chi connectivity index (χ3v) is 3.97. The number of nitrogens with zero attached hydrogens (tertiary/aromatic N) is 2.